The van der Waals surface area contributed by atoms with Gasteiger partial charge in [-0.25, -0.2) is 4.52 Å². The SMILES string of the molecule is CC(CO)C(C)Nc1nc2ccc(Br)cn2n1. The molecule has 6 heteroatoms. The molecule has 2 aromatic heterocycles. The van der Waals surface area contributed by atoms with Crippen molar-refractivity contribution in [2.24, 2.45) is 5.92 Å². The van der Waals surface area contributed by atoms with Crippen molar-refractivity contribution in [3.05, 3.63) is 22.8 Å². The van der Waals surface area contributed by atoms with Crippen molar-refractivity contribution in [2.45, 2.75) is 19.9 Å². The molecule has 0 spiro atoms. The number of nitrogens with one attached hydrogen (secondary N) is 1. The van der Waals surface area contributed by atoms with E-state index in [-0.39, 0.29) is 18.6 Å². The molecule has 5 nitrogen and oxygen atoms in total. The third kappa shape index (κ3) is 2.76. The van der Waals surface area contributed by atoms with E-state index in [1.807, 2.05) is 32.2 Å². The van der Waals surface area contributed by atoms with Gasteiger partial charge < -0.3 is 10.4 Å². The highest BCUT2D eigenvalue weighted by Crippen LogP contribution is 2.13. The third-order valence-electron chi connectivity index (χ3n) is 2.79. The minimum atomic E-state index is 0.126. The molecule has 92 valence electrons. The van der Waals surface area contributed by atoms with E-state index in [0.29, 0.717) is 5.95 Å². The number of hydrogen-bond acceptors (Lipinski definition) is 4. The van der Waals surface area contributed by atoms with Gasteiger partial charge in [-0.3, -0.25) is 0 Å². The zero-order chi connectivity index (χ0) is 12.4. The van der Waals surface area contributed by atoms with Crippen molar-refractivity contribution in [3.8, 4) is 0 Å². The summed E-state index contributed by atoms with van der Waals surface area (Å²) >= 11 is 3.38. The third-order valence-corrected chi connectivity index (χ3v) is 3.26. The maximum atomic E-state index is 9.07. The van der Waals surface area contributed by atoms with Crippen molar-refractivity contribution >= 4 is 27.5 Å². The quantitative estimate of drug-likeness (QED) is 0.905. The molecule has 0 saturated carbocycles. The summed E-state index contributed by atoms with van der Waals surface area (Å²) in [4.78, 5) is 4.35. The lowest BCUT2D eigenvalue weighted by molar-refractivity contribution is 0.226. The van der Waals surface area contributed by atoms with E-state index in [9.17, 15) is 0 Å². The predicted molar refractivity (Wildman–Crippen MR) is 70.0 cm³/mol. The van der Waals surface area contributed by atoms with Crippen LogP contribution in [-0.2, 0) is 0 Å². The smallest absolute Gasteiger partial charge is 0.243 e. The van der Waals surface area contributed by atoms with Crippen LogP contribution < -0.4 is 5.32 Å². The van der Waals surface area contributed by atoms with Gasteiger partial charge >= 0.3 is 0 Å². The Labute approximate surface area is 108 Å². The summed E-state index contributed by atoms with van der Waals surface area (Å²) in [6.07, 6.45) is 1.85. The van der Waals surface area contributed by atoms with Crippen LogP contribution in [0.3, 0.4) is 0 Å². The van der Waals surface area contributed by atoms with Crippen LogP contribution in [-0.4, -0.2) is 32.4 Å². The molecule has 0 aromatic carbocycles. The molecule has 0 aliphatic heterocycles. The Kier molecular flexibility index (Phi) is 3.63. The van der Waals surface area contributed by atoms with Crippen LogP contribution in [0.25, 0.3) is 5.65 Å². The number of aromatic nitrogens is 3. The Hall–Kier alpha value is -1.14. The van der Waals surface area contributed by atoms with Crippen LogP contribution in [0.1, 0.15) is 13.8 Å². The van der Waals surface area contributed by atoms with Gasteiger partial charge in [-0.05, 0) is 40.9 Å². The van der Waals surface area contributed by atoms with Gasteiger partial charge in [0.1, 0.15) is 0 Å². The van der Waals surface area contributed by atoms with E-state index in [2.05, 4.69) is 31.3 Å². The molecule has 2 unspecified atom stereocenters. The maximum Gasteiger partial charge on any atom is 0.243 e. The molecule has 0 amide bonds. The highest BCUT2D eigenvalue weighted by Gasteiger charge is 2.13. The summed E-state index contributed by atoms with van der Waals surface area (Å²) in [5.41, 5.74) is 0.791. The van der Waals surface area contributed by atoms with Crippen molar-refractivity contribution < 1.29 is 5.11 Å². The van der Waals surface area contributed by atoms with E-state index in [1.165, 1.54) is 0 Å². The summed E-state index contributed by atoms with van der Waals surface area (Å²) in [5, 5.41) is 16.6. The summed E-state index contributed by atoms with van der Waals surface area (Å²) < 4.78 is 2.67. The minimum absolute atomic E-state index is 0.126. The molecule has 2 N–H and O–H groups in total. The van der Waals surface area contributed by atoms with Gasteiger partial charge in [-0.15, -0.1) is 5.10 Å². The molecule has 0 radical (unpaired) electrons. The summed E-state index contributed by atoms with van der Waals surface area (Å²) in [6.45, 7) is 4.12. The summed E-state index contributed by atoms with van der Waals surface area (Å²) in [5.74, 6) is 0.740. The molecule has 2 heterocycles. The van der Waals surface area contributed by atoms with Crippen LogP contribution in [0.2, 0.25) is 0 Å². The van der Waals surface area contributed by atoms with Gasteiger partial charge in [-0.1, -0.05) is 6.92 Å². The molecule has 2 rings (SSSR count). The van der Waals surface area contributed by atoms with E-state index >= 15 is 0 Å². The normalized spacial score (nSPS) is 14.8. The fourth-order valence-electron chi connectivity index (χ4n) is 1.42. The second-order valence-corrected chi connectivity index (χ2v) is 5.09. The number of anilines is 1. The predicted octanol–water partition coefficient (Wildman–Crippen LogP) is 1.92. The first-order chi connectivity index (χ1) is 8.10. The number of aliphatic hydroxyl groups is 1. The highest BCUT2D eigenvalue weighted by atomic mass is 79.9. The topological polar surface area (TPSA) is 62.5 Å². The molecule has 0 fully saturated rings. The van der Waals surface area contributed by atoms with Gasteiger partial charge in [0.05, 0.1) is 0 Å². The average molecular weight is 299 g/mol. The monoisotopic (exact) mass is 298 g/mol. The van der Waals surface area contributed by atoms with Crippen LogP contribution in [0, 0.1) is 5.92 Å². The number of aliphatic hydroxyl groups excluding tert-OH is 1. The fourth-order valence-corrected chi connectivity index (χ4v) is 1.75. The lowest BCUT2D eigenvalue weighted by Gasteiger charge is -2.17. The lowest BCUT2D eigenvalue weighted by Crippen LogP contribution is -2.26. The number of halogens is 1. The molecule has 17 heavy (non-hydrogen) atoms. The minimum Gasteiger partial charge on any atom is -0.396 e. The second-order valence-electron chi connectivity index (χ2n) is 4.18. The molecule has 0 aliphatic rings. The molecule has 2 aromatic rings. The van der Waals surface area contributed by atoms with Crippen molar-refractivity contribution in [1.29, 1.82) is 0 Å². The molecular weight excluding hydrogens is 284 g/mol. The molecule has 0 aliphatic carbocycles. The lowest BCUT2D eigenvalue weighted by atomic mass is 10.1. The van der Waals surface area contributed by atoms with E-state index < -0.39 is 0 Å². The van der Waals surface area contributed by atoms with Crippen LogP contribution in [0.15, 0.2) is 22.8 Å². The first-order valence-electron chi connectivity index (χ1n) is 5.49. The standard InChI is InChI=1S/C11H15BrN4O/c1-7(6-17)8(2)13-11-14-10-4-3-9(12)5-16(10)15-11/h3-5,7-8,17H,6H2,1-2H3,(H,13,15). The number of fused-ring (bicyclic) bond motifs is 1. The molecule has 0 bridgehead atoms. The zero-order valence-electron chi connectivity index (χ0n) is 9.76. The van der Waals surface area contributed by atoms with Gasteiger partial charge in [0.25, 0.3) is 0 Å². The first kappa shape index (κ1) is 12.3. The van der Waals surface area contributed by atoms with Crippen LogP contribution >= 0.6 is 15.9 Å². The molecule has 0 saturated heterocycles. The van der Waals surface area contributed by atoms with Gasteiger partial charge in [-0.2, -0.15) is 4.98 Å². The highest BCUT2D eigenvalue weighted by molar-refractivity contribution is 9.10. The number of pyridine rings is 1. The van der Waals surface area contributed by atoms with Crippen molar-refractivity contribution in [2.75, 3.05) is 11.9 Å². The van der Waals surface area contributed by atoms with Gasteiger partial charge in [0.2, 0.25) is 5.95 Å². The number of nitrogens with zero attached hydrogens (tertiary/aromatic N) is 3. The number of hydrogen-bond donors (Lipinski definition) is 2. The van der Waals surface area contributed by atoms with Crippen molar-refractivity contribution in [1.82, 2.24) is 14.6 Å². The zero-order valence-corrected chi connectivity index (χ0v) is 11.3. The molecular formula is C11H15BrN4O. The van der Waals surface area contributed by atoms with E-state index in [0.717, 1.165) is 10.1 Å². The van der Waals surface area contributed by atoms with Gasteiger partial charge in [0, 0.05) is 23.3 Å². The largest absolute Gasteiger partial charge is 0.396 e. The summed E-state index contributed by atoms with van der Waals surface area (Å²) in [6, 6.07) is 3.94. The Morgan fingerprint density at radius 2 is 2.24 bits per heavy atom. The fraction of sp³-hybridized carbons (Fsp3) is 0.455. The first-order valence-corrected chi connectivity index (χ1v) is 6.29. The maximum absolute atomic E-state index is 9.07. The number of rotatable bonds is 4. The average Bonchev–Trinajstić information content (AvgIpc) is 2.69. The Bertz CT molecular complexity index is 513. The van der Waals surface area contributed by atoms with Crippen LogP contribution in [0.4, 0.5) is 5.95 Å². The summed E-state index contributed by atoms with van der Waals surface area (Å²) in [7, 11) is 0. The van der Waals surface area contributed by atoms with Gasteiger partial charge in [0.15, 0.2) is 5.65 Å². The second kappa shape index (κ2) is 5.01. The van der Waals surface area contributed by atoms with E-state index in [4.69, 9.17) is 5.11 Å². The Balaban J connectivity index is 2.19. The molecule has 2 atom stereocenters. The Morgan fingerprint density at radius 3 is 2.94 bits per heavy atom. The Morgan fingerprint density at radius 1 is 1.47 bits per heavy atom. The van der Waals surface area contributed by atoms with Crippen LogP contribution in [0.5, 0.6) is 0 Å². The van der Waals surface area contributed by atoms with Crippen molar-refractivity contribution in [3.63, 3.8) is 0 Å². The van der Waals surface area contributed by atoms with E-state index in [1.54, 1.807) is 4.52 Å².